The molecule has 0 aliphatic heterocycles. The maximum Gasteiger partial charge on any atom is 0.237 e. The topological polar surface area (TPSA) is 47.0 Å². The summed E-state index contributed by atoms with van der Waals surface area (Å²) in [6, 6.07) is 16.7. The molecule has 4 nitrogen and oxygen atoms in total. The van der Waals surface area contributed by atoms with Crippen molar-refractivity contribution in [2.24, 2.45) is 0 Å². The molecule has 1 aromatic heterocycles. The molecule has 0 radical (unpaired) electrons. The fraction of sp³-hybridized carbons (Fsp3) is 0.200. The first kappa shape index (κ1) is 17.6. The van der Waals surface area contributed by atoms with E-state index in [0.29, 0.717) is 11.8 Å². The number of nitrogens with one attached hydrogen (secondary N) is 1. The summed E-state index contributed by atoms with van der Waals surface area (Å²) < 4.78 is 6.81. The van der Waals surface area contributed by atoms with E-state index in [4.69, 9.17) is 4.74 Å². The highest BCUT2D eigenvalue weighted by molar-refractivity contribution is 9.10. The van der Waals surface area contributed by atoms with Crippen molar-refractivity contribution < 1.29 is 4.74 Å². The zero-order chi connectivity index (χ0) is 17.5. The van der Waals surface area contributed by atoms with Crippen molar-refractivity contribution in [2.45, 2.75) is 12.8 Å². The fourth-order valence-electron chi connectivity index (χ4n) is 2.64. The van der Waals surface area contributed by atoms with Crippen LogP contribution < -0.4 is 10.1 Å². The minimum absolute atomic E-state index is 0.290. The lowest BCUT2D eigenvalue weighted by Gasteiger charge is -2.19. The van der Waals surface area contributed by atoms with Crippen LogP contribution in [0.15, 0.2) is 71.6 Å². The van der Waals surface area contributed by atoms with Gasteiger partial charge in [0.25, 0.3) is 0 Å². The molecular weight excluding hydrogens is 378 g/mol. The van der Waals surface area contributed by atoms with Gasteiger partial charge in [0.2, 0.25) is 5.88 Å². The quantitative estimate of drug-likeness (QED) is 0.623. The lowest BCUT2D eigenvalue weighted by molar-refractivity contribution is 0.460. The first-order valence-corrected chi connectivity index (χ1v) is 9.05. The molecular formula is C20H20BrN3O. The monoisotopic (exact) mass is 397 g/mol. The second-order valence-electron chi connectivity index (χ2n) is 5.63. The van der Waals surface area contributed by atoms with E-state index in [2.05, 4.69) is 74.5 Å². The minimum atomic E-state index is 0.290. The average Bonchev–Trinajstić information content (AvgIpc) is 2.65. The van der Waals surface area contributed by atoms with Crippen LogP contribution in [0.3, 0.4) is 0 Å². The summed E-state index contributed by atoms with van der Waals surface area (Å²) in [4.78, 5) is 8.14. The first-order valence-electron chi connectivity index (χ1n) is 8.26. The Morgan fingerprint density at radius 3 is 2.28 bits per heavy atom. The Kier molecular flexibility index (Phi) is 6.14. The molecule has 0 saturated carbocycles. The summed E-state index contributed by atoms with van der Waals surface area (Å²) in [7, 11) is 0. The molecule has 0 amide bonds. The zero-order valence-corrected chi connectivity index (χ0v) is 15.6. The van der Waals surface area contributed by atoms with Gasteiger partial charge in [0.15, 0.2) is 0 Å². The Hall–Kier alpha value is -2.24. The van der Waals surface area contributed by atoms with Gasteiger partial charge in [0.05, 0.1) is 6.20 Å². The summed E-state index contributed by atoms with van der Waals surface area (Å²) in [5.41, 5.74) is 2.53. The van der Waals surface area contributed by atoms with Crippen molar-refractivity contribution in [3.05, 3.63) is 82.7 Å². The number of ether oxygens (including phenoxy) is 1. The summed E-state index contributed by atoms with van der Waals surface area (Å²) in [5.74, 6) is 1.54. The lowest BCUT2D eigenvalue weighted by atomic mass is 9.91. The molecule has 0 fully saturated rings. The number of benzene rings is 2. The van der Waals surface area contributed by atoms with Gasteiger partial charge in [-0.2, -0.15) is 0 Å². The fourth-order valence-corrected chi connectivity index (χ4v) is 2.90. The molecule has 0 spiro atoms. The minimum Gasteiger partial charge on any atom is -0.438 e. The van der Waals surface area contributed by atoms with Crippen LogP contribution in [0.1, 0.15) is 24.0 Å². The molecule has 1 unspecified atom stereocenters. The highest BCUT2D eigenvalue weighted by atomic mass is 79.9. The van der Waals surface area contributed by atoms with E-state index in [1.165, 1.54) is 11.1 Å². The molecule has 1 atom stereocenters. The predicted molar refractivity (Wildman–Crippen MR) is 103 cm³/mol. The van der Waals surface area contributed by atoms with Gasteiger partial charge in [0, 0.05) is 29.3 Å². The van der Waals surface area contributed by atoms with Crippen molar-refractivity contribution in [3.8, 4) is 11.6 Å². The smallest absolute Gasteiger partial charge is 0.237 e. The van der Waals surface area contributed by atoms with Gasteiger partial charge in [-0.25, -0.2) is 4.98 Å². The van der Waals surface area contributed by atoms with Gasteiger partial charge < -0.3 is 10.1 Å². The Morgan fingerprint density at radius 2 is 1.68 bits per heavy atom. The summed E-state index contributed by atoms with van der Waals surface area (Å²) in [5, 5.41) is 3.45. The van der Waals surface area contributed by atoms with Crippen LogP contribution in [0, 0.1) is 0 Å². The second-order valence-corrected chi connectivity index (χ2v) is 6.54. The van der Waals surface area contributed by atoms with Crippen LogP contribution in [0.25, 0.3) is 0 Å². The zero-order valence-electron chi connectivity index (χ0n) is 14.0. The van der Waals surface area contributed by atoms with Gasteiger partial charge in [-0.05, 0) is 41.9 Å². The second kappa shape index (κ2) is 8.74. The van der Waals surface area contributed by atoms with E-state index in [1.807, 2.05) is 12.1 Å². The largest absolute Gasteiger partial charge is 0.438 e. The van der Waals surface area contributed by atoms with Crippen molar-refractivity contribution in [3.63, 3.8) is 0 Å². The molecule has 0 saturated heterocycles. The Morgan fingerprint density at radius 1 is 1.00 bits per heavy atom. The molecule has 1 N–H and O–H groups in total. The molecule has 0 bridgehead atoms. The molecule has 5 heteroatoms. The number of hydrogen-bond donors (Lipinski definition) is 1. The summed E-state index contributed by atoms with van der Waals surface area (Å²) in [6.07, 6.45) is 4.84. The third-order valence-corrected chi connectivity index (χ3v) is 4.44. The van der Waals surface area contributed by atoms with Gasteiger partial charge in [-0.1, -0.05) is 47.1 Å². The van der Waals surface area contributed by atoms with Crippen LogP contribution in [0.2, 0.25) is 0 Å². The third kappa shape index (κ3) is 4.87. The number of likely N-dealkylation sites (N-methyl/N-ethyl adjacent to an activating group) is 1. The lowest BCUT2D eigenvalue weighted by Crippen LogP contribution is -2.22. The van der Waals surface area contributed by atoms with Crippen LogP contribution in [-0.4, -0.2) is 23.1 Å². The maximum atomic E-state index is 5.72. The Balaban J connectivity index is 1.79. The molecule has 3 rings (SSSR count). The van der Waals surface area contributed by atoms with Crippen molar-refractivity contribution in [1.29, 1.82) is 0 Å². The van der Waals surface area contributed by atoms with Crippen LogP contribution in [0.5, 0.6) is 11.6 Å². The SMILES string of the molecule is CCNCC(c1ccc(Br)cc1)c1ccc(Oc2cnccn2)cc1. The number of hydrogen-bond acceptors (Lipinski definition) is 4. The van der Waals surface area contributed by atoms with Gasteiger partial charge in [-0.3, -0.25) is 4.98 Å². The Bertz CT molecular complexity index is 776. The molecule has 1 heterocycles. The molecule has 0 aliphatic rings. The van der Waals surface area contributed by atoms with Crippen LogP contribution in [0.4, 0.5) is 0 Å². The van der Waals surface area contributed by atoms with Crippen molar-refractivity contribution in [2.75, 3.05) is 13.1 Å². The van der Waals surface area contributed by atoms with Crippen LogP contribution >= 0.6 is 15.9 Å². The first-order chi connectivity index (χ1) is 12.3. The third-order valence-electron chi connectivity index (χ3n) is 3.92. The maximum absolute atomic E-state index is 5.72. The molecule has 3 aromatic rings. The highest BCUT2D eigenvalue weighted by Crippen LogP contribution is 2.28. The van der Waals surface area contributed by atoms with E-state index in [-0.39, 0.29) is 0 Å². The highest BCUT2D eigenvalue weighted by Gasteiger charge is 2.14. The van der Waals surface area contributed by atoms with E-state index in [1.54, 1.807) is 18.6 Å². The predicted octanol–water partition coefficient (Wildman–Crippen LogP) is 4.77. The Labute approximate surface area is 156 Å². The molecule has 128 valence electrons. The van der Waals surface area contributed by atoms with Gasteiger partial charge >= 0.3 is 0 Å². The number of halogens is 1. The van der Waals surface area contributed by atoms with E-state index in [9.17, 15) is 0 Å². The van der Waals surface area contributed by atoms with Gasteiger partial charge in [-0.15, -0.1) is 0 Å². The van der Waals surface area contributed by atoms with Crippen molar-refractivity contribution >= 4 is 15.9 Å². The average molecular weight is 398 g/mol. The number of rotatable bonds is 7. The molecule has 25 heavy (non-hydrogen) atoms. The van der Waals surface area contributed by atoms with E-state index in [0.717, 1.165) is 23.3 Å². The van der Waals surface area contributed by atoms with Crippen molar-refractivity contribution in [1.82, 2.24) is 15.3 Å². The standard InChI is InChI=1S/C20H20BrN3O/c1-2-22-13-19(15-3-7-17(21)8-4-15)16-5-9-18(10-6-16)25-20-14-23-11-12-24-20/h3-12,14,19,22H,2,13H2,1H3. The summed E-state index contributed by atoms with van der Waals surface area (Å²) in [6.45, 7) is 3.96. The molecule has 2 aromatic carbocycles. The van der Waals surface area contributed by atoms with Crippen LogP contribution in [-0.2, 0) is 0 Å². The van der Waals surface area contributed by atoms with Gasteiger partial charge in [0.1, 0.15) is 5.75 Å². The van der Waals surface area contributed by atoms with E-state index >= 15 is 0 Å². The number of nitrogens with zero attached hydrogens (tertiary/aromatic N) is 2. The van der Waals surface area contributed by atoms with E-state index < -0.39 is 0 Å². The normalized spacial score (nSPS) is 11.9. The summed E-state index contributed by atoms with van der Waals surface area (Å²) >= 11 is 3.50. The number of aromatic nitrogens is 2. The molecule has 0 aliphatic carbocycles.